The molecule has 0 aromatic heterocycles. The molecule has 1 N–H and O–H groups in total. The van der Waals surface area contributed by atoms with E-state index in [-0.39, 0.29) is 11.4 Å². The highest BCUT2D eigenvalue weighted by atomic mass is 16.6. The fourth-order valence-electron chi connectivity index (χ4n) is 4.02. The summed E-state index contributed by atoms with van der Waals surface area (Å²) in [7, 11) is 0. The molecule has 4 atom stereocenters. The summed E-state index contributed by atoms with van der Waals surface area (Å²) in [6.45, 7) is 1.32. The first kappa shape index (κ1) is 15.0. The van der Waals surface area contributed by atoms with Crippen LogP contribution in [0.5, 0.6) is 0 Å². The van der Waals surface area contributed by atoms with Crippen LogP contribution >= 0.6 is 0 Å². The van der Waals surface area contributed by atoms with Gasteiger partial charge in [0.05, 0.1) is 34.7 Å². The van der Waals surface area contributed by atoms with Crippen molar-refractivity contribution in [2.45, 2.75) is 18.1 Å². The maximum atomic E-state index is 12.9. The van der Waals surface area contributed by atoms with Gasteiger partial charge in [0.2, 0.25) is 11.8 Å². The van der Waals surface area contributed by atoms with E-state index < -0.39 is 46.4 Å². The van der Waals surface area contributed by atoms with Gasteiger partial charge in [0.15, 0.2) is 0 Å². The molecule has 0 spiro atoms. The molecule has 0 saturated carbocycles. The molecule has 3 heterocycles. The molecule has 1 aromatic carbocycles. The Morgan fingerprint density at radius 1 is 1.21 bits per heavy atom. The van der Waals surface area contributed by atoms with Gasteiger partial charge in [-0.05, 0) is 19.1 Å². The molecule has 3 aliphatic rings. The molecule has 8 nitrogen and oxygen atoms in total. The van der Waals surface area contributed by atoms with Crippen LogP contribution in [0.15, 0.2) is 36.4 Å². The summed E-state index contributed by atoms with van der Waals surface area (Å²) in [6.07, 6.45) is 3.37. The molecular weight excluding hydrogens is 316 g/mol. The number of nitrogens with zero attached hydrogens (tertiary/aromatic N) is 2. The lowest BCUT2D eigenvalue weighted by molar-refractivity contribution is -0.384. The second-order valence-corrected chi connectivity index (χ2v) is 6.47. The van der Waals surface area contributed by atoms with E-state index in [4.69, 9.17) is 4.74 Å². The van der Waals surface area contributed by atoms with E-state index in [2.05, 4.69) is 0 Å². The molecule has 2 fully saturated rings. The highest BCUT2D eigenvalue weighted by molar-refractivity contribution is 6.23. The summed E-state index contributed by atoms with van der Waals surface area (Å²) in [6, 6.07) is 5.24. The first-order chi connectivity index (χ1) is 11.3. The minimum atomic E-state index is -1.18. The van der Waals surface area contributed by atoms with Crippen LogP contribution in [0.1, 0.15) is 6.92 Å². The van der Waals surface area contributed by atoms with Crippen molar-refractivity contribution in [3.05, 3.63) is 46.5 Å². The minimum absolute atomic E-state index is 0.123. The molecule has 0 unspecified atom stereocenters. The van der Waals surface area contributed by atoms with Crippen LogP contribution in [0.2, 0.25) is 0 Å². The Kier molecular flexibility index (Phi) is 2.80. The molecule has 0 aliphatic carbocycles. The van der Waals surface area contributed by atoms with Crippen molar-refractivity contribution in [3.63, 3.8) is 0 Å². The number of non-ortho nitro benzene ring substituents is 1. The van der Waals surface area contributed by atoms with Gasteiger partial charge in [0.25, 0.3) is 5.69 Å². The summed E-state index contributed by atoms with van der Waals surface area (Å²) in [5, 5.41) is 20.5. The Hall–Kier alpha value is -2.58. The van der Waals surface area contributed by atoms with Crippen LogP contribution < -0.4 is 4.90 Å². The molecular formula is C16H14N2O6. The molecule has 8 heteroatoms. The molecule has 24 heavy (non-hydrogen) atoms. The smallest absolute Gasteiger partial charge is 0.269 e. The molecule has 4 rings (SSSR count). The molecule has 124 valence electrons. The molecule has 2 amide bonds. The van der Waals surface area contributed by atoms with E-state index >= 15 is 0 Å². The number of benzene rings is 1. The zero-order valence-corrected chi connectivity index (χ0v) is 12.7. The Morgan fingerprint density at radius 2 is 1.83 bits per heavy atom. The summed E-state index contributed by atoms with van der Waals surface area (Å²) in [4.78, 5) is 36.9. The maximum Gasteiger partial charge on any atom is 0.269 e. The normalized spacial score (nSPS) is 36.5. The van der Waals surface area contributed by atoms with E-state index in [9.17, 15) is 24.8 Å². The molecule has 0 radical (unpaired) electrons. The van der Waals surface area contributed by atoms with Crippen LogP contribution in [0, 0.1) is 22.0 Å². The summed E-state index contributed by atoms with van der Waals surface area (Å²) < 4.78 is 5.82. The second kappa shape index (κ2) is 4.49. The van der Waals surface area contributed by atoms with E-state index in [1.54, 1.807) is 19.1 Å². The van der Waals surface area contributed by atoms with Gasteiger partial charge >= 0.3 is 0 Å². The Bertz CT molecular complexity index is 803. The Balaban J connectivity index is 1.75. The number of carbonyl (C=O) groups is 2. The fourth-order valence-corrected chi connectivity index (χ4v) is 4.02. The summed E-state index contributed by atoms with van der Waals surface area (Å²) >= 11 is 0. The van der Waals surface area contributed by atoms with Gasteiger partial charge in [-0.15, -0.1) is 0 Å². The first-order valence-corrected chi connectivity index (χ1v) is 7.47. The van der Waals surface area contributed by atoms with Crippen LogP contribution in [0.4, 0.5) is 11.4 Å². The van der Waals surface area contributed by atoms with Crippen molar-refractivity contribution in [1.29, 1.82) is 0 Å². The number of fused-ring (bicyclic) bond motifs is 5. The largest absolute Gasteiger partial charge is 0.393 e. The van der Waals surface area contributed by atoms with Crippen molar-refractivity contribution in [2.75, 3.05) is 11.5 Å². The van der Waals surface area contributed by atoms with E-state index in [1.165, 1.54) is 24.3 Å². The average Bonchev–Trinajstić information content (AvgIpc) is 3.14. The fraction of sp³-hybridized carbons (Fsp3) is 0.375. The van der Waals surface area contributed by atoms with Gasteiger partial charge in [-0.25, -0.2) is 4.90 Å². The number of rotatable bonds is 3. The number of carbonyl (C=O) groups excluding carboxylic acids is 2. The lowest BCUT2D eigenvalue weighted by Gasteiger charge is -2.26. The Labute approximate surface area is 136 Å². The number of hydrogen-bond acceptors (Lipinski definition) is 6. The molecule has 2 saturated heterocycles. The third-order valence-electron chi connectivity index (χ3n) is 5.12. The third kappa shape index (κ3) is 1.64. The van der Waals surface area contributed by atoms with Gasteiger partial charge in [0.1, 0.15) is 5.60 Å². The number of nitro benzene ring substituents is 1. The van der Waals surface area contributed by atoms with Gasteiger partial charge in [-0.1, -0.05) is 12.2 Å². The second-order valence-electron chi connectivity index (χ2n) is 6.47. The van der Waals surface area contributed by atoms with Crippen molar-refractivity contribution in [1.82, 2.24) is 0 Å². The van der Waals surface area contributed by atoms with Crippen LogP contribution in [-0.2, 0) is 14.3 Å². The molecule has 1 aromatic rings. The zero-order valence-electron chi connectivity index (χ0n) is 12.7. The van der Waals surface area contributed by atoms with Crippen LogP contribution in [-0.4, -0.2) is 39.7 Å². The van der Waals surface area contributed by atoms with Crippen molar-refractivity contribution < 1.29 is 24.4 Å². The monoisotopic (exact) mass is 330 g/mol. The zero-order chi connectivity index (χ0) is 17.3. The maximum absolute atomic E-state index is 12.9. The predicted molar refractivity (Wildman–Crippen MR) is 81.0 cm³/mol. The van der Waals surface area contributed by atoms with E-state index in [0.29, 0.717) is 0 Å². The standard InChI is InChI=1S/C16H14N2O6/c1-15-6-7-16(8-19,24-15)12-11(15)13(20)17(14(12)21)9-2-4-10(5-3-9)18(22)23/h2-7,11-12,19H,8H2,1H3/t11-,12-,15-,16-/m0/s1. The Morgan fingerprint density at radius 3 is 2.42 bits per heavy atom. The highest BCUT2D eigenvalue weighted by Gasteiger charge is 2.72. The summed E-state index contributed by atoms with van der Waals surface area (Å²) in [5.74, 6) is -2.38. The number of imide groups is 1. The number of ether oxygens (including phenoxy) is 1. The topological polar surface area (TPSA) is 110 Å². The molecule has 2 bridgehead atoms. The van der Waals surface area contributed by atoms with Gasteiger partial charge in [-0.3, -0.25) is 19.7 Å². The predicted octanol–water partition coefficient (Wildman–Crippen LogP) is 0.790. The lowest BCUT2D eigenvalue weighted by atomic mass is 9.73. The van der Waals surface area contributed by atoms with E-state index in [1.807, 2.05) is 0 Å². The van der Waals surface area contributed by atoms with Crippen molar-refractivity contribution >= 4 is 23.2 Å². The van der Waals surface area contributed by atoms with Crippen LogP contribution in [0.25, 0.3) is 0 Å². The van der Waals surface area contributed by atoms with Crippen LogP contribution in [0.3, 0.4) is 0 Å². The number of amides is 2. The number of aliphatic hydroxyl groups excluding tert-OH is 1. The first-order valence-electron chi connectivity index (χ1n) is 7.47. The minimum Gasteiger partial charge on any atom is -0.393 e. The number of aliphatic hydroxyl groups is 1. The van der Waals surface area contributed by atoms with Crippen molar-refractivity contribution in [2.24, 2.45) is 11.8 Å². The van der Waals surface area contributed by atoms with Gasteiger partial charge < -0.3 is 9.84 Å². The number of hydrogen-bond donors (Lipinski definition) is 1. The third-order valence-corrected chi connectivity index (χ3v) is 5.12. The SMILES string of the molecule is C[C@@]12C=C[C@@](CO)(O1)[C@@H]1C(=O)N(c3ccc([N+](=O)[O-])cc3)C(=O)[C@H]12. The van der Waals surface area contributed by atoms with E-state index in [0.717, 1.165) is 4.90 Å². The van der Waals surface area contributed by atoms with Gasteiger partial charge in [0, 0.05) is 12.1 Å². The van der Waals surface area contributed by atoms with Gasteiger partial charge in [-0.2, -0.15) is 0 Å². The highest BCUT2D eigenvalue weighted by Crippen LogP contribution is 2.57. The van der Waals surface area contributed by atoms with Crippen molar-refractivity contribution in [3.8, 4) is 0 Å². The number of nitro groups is 1. The number of anilines is 1. The average molecular weight is 330 g/mol. The molecule has 3 aliphatic heterocycles. The quantitative estimate of drug-likeness (QED) is 0.380. The summed E-state index contributed by atoms with van der Waals surface area (Å²) in [5.41, 5.74) is -1.96. The lowest BCUT2D eigenvalue weighted by Crippen LogP contribution is -2.43.